The van der Waals surface area contributed by atoms with Crippen molar-refractivity contribution in [3.8, 4) is 17.2 Å². The molecule has 0 spiro atoms. The lowest BCUT2D eigenvalue weighted by Crippen LogP contribution is -2.46. The summed E-state index contributed by atoms with van der Waals surface area (Å²) in [5, 5.41) is 28.6. The molecule has 3 aromatic carbocycles. The molecule has 0 saturated heterocycles. The summed E-state index contributed by atoms with van der Waals surface area (Å²) < 4.78 is 35.1. The number of aliphatic hydroxyl groups is 2. The minimum atomic E-state index is -2.18. The summed E-state index contributed by atoms with van der Waals surface area (Å²) in [6, 6.07) is 14.3. The van der Waals surface area contributed by atoms with Gasteiger partial charge in [0.05, 0.1) is 53.9 Å². The predicted octanol–water partition coefficient (Wildman–Crippen LogP) is 6.59. The number of Topliss-reactive ketones (excluding diaryl/α,β-unsaturated/α-hetero) is 3. The van der Waals surface area contributed by atoms with E-state index in [4.69, 9.17) is 28.4 Å². The van der Waals surface area contributed by atoms with Crippen LogP contribution < -0.4 is 24.8 Å². The second kappa shape index (κ2) is 20.3. The van der Waals surface area contributed by atoms with Crippen LogP contribution in [0.15, 0.2) is 102 Å². The lowest BCUT2D eigenvalue weighted by atomic mass is 9.78. The number of ketones is 3. The molecule has 7 rings (SSSR count). The molecule has 0 radical (unpaired) electrons. The highest BCUT2D eigenvalue weighted by Gasteiger charge is 2.53. The van der Waals surface area contributed by atoms with Crippen molar-refractivity contribution in [2.45, 2.75) is 85.6 Å². The second-order valence-electron chi connectivity index (χ2n) is 17.1. The standard InChI is InChI=1S/C51H56N2O14/c1-25-15-14-16-26(2)49(60)53-40-39(52-33-19-21-34(62-9)22-20-33)43(57)36-37(44(40)58)46(66-50(61)32-17-12-11-13-18-32)30(6)47-38(36)48(59)51(8,67-47)64-24-23-35(63-10)27(3)45(65-31(7)54)29(5)42(56)28(4)41(25)55/h11-25,27-29,35,41-42,45,52,55-56H,1-10H3,(H,53,60)/b15-14-,24-23-,26-16-/t25-,27+,28+,29-,35-,41-,42-,45+,51-/m0/s1. The fraction of sp³-hybridized carbons (Fsp3) is 0.373. The topological polar surface area (TPSA) is 222 Å². The number of anilines is 1. The molecular formula is C51H56N2O14. The number of aliphatic hydroxyl groups excluding tert-OH is 2. The number of nitrogens with one attached hydrogen (secondary N) is 2. The Morgan fingerprint density at radius 3 is 2.12 bits per heavy atom. The van der Waals surface area contributed by atoms with Gasteiger partial charge in [0.1, 0.15) is 34.7 Å². The van der Waals surface area contributed by atoms with Crippen LogP contribution in [0, 0.1) is 30.6 Å². The Bertz CT molecular complexity index is 2580. The Morgan fingerprint density at radius 2 is 1.49 bits per heavy atom. The monoisotopic (exact) mass is 920 g/mol. The summed E-state index contributed by atoms with van der Waals surface area (Å²) >= 11 is 0. The molecule has 4 aliphatic rings. The Kier molecular flexibility index (Phi) is 15.0. The zero-order valence-electron chi connectivity index (χ0n) is 39.0. The number of carbonyl (C=O) groups excluding carboxylic acids is 6. The van der Waals surface area contributed by atoms with Crippen molar-refractivity contribution in [2.24, 2.45) is 23.7 Å². The van der Waals surface area contributed by atoms with Crippen LogP contribution in [0.3, 0.4) is 0 Å². The van der Waals surface area contributed by atoms with Crippen molar-refractivity contribution in [1.82, 2.24) is 5.32 Å². The maximum absolute atomic E-state index is 15.2. The molecular weight excluding hydrogens is 865 g/mol. The van der Waals surface area contributed by atoms with Gasteiger partial charge >= 0.3 is 17.7 Å². The molecule has 3 aliphatic heterocycles. The Balaban J connectivity index is 1.57. The zero-order valence-corrected chi connectivity index (χ0v) is 39.0. The number of carbonyl (C=O) groups is 6. The lowest BCUT2D eigenvalue weighted by molar-refractivity contribution is -0.160. The average molecular weight is 921 g/mol. The fourth-order valence-corrected chi connectivity index (χ4v) is 8.47. The van der Waals surface area contributed by atoms with Crippen LogP contribution in [0.25, 0.3) is 0 Å². The number of amides is 1. The fourth-order valence-electron chi connectivity index (χ4n) is 8.47. The number of esters is 2. The highest BCUT2D eigenvalue weighted by atomic mass is 16.7. The molecule has 0 fully saturated rings. The van der Waals surface area contributed by atoms with Gasteiger partial charge in [0.25, 0.3) is 11.7 Å². The predicted molar refractivity (Wildman–Crippen MR) is 245 cm³/mol. The lowest BCUT2D eigenvalue weighted by Gasteiger charge is -2.38. The highest BCUT2D eigenvalue weighted by Crippen LogP contribution is 2.49. The smallest absolute Gasteiger partial charge is 0.343 e. The molecule has 5 bridgehead atoms. The van der Waals surface area contributed by atoms with Crippen LogP contribution in [-0.2, 0) is 23.8 Å². The van der Waals surface area contributed by atoms with Gasteiger partial charge < -0.3 is 49.3 Å². The molecule has 0 saturated carbocycles. The summed E-state index contributed by atoms with van der Waals surface area (Å²) in [6.07, 6.45) is 3.15. The van der Waals surface area contributed by atoms with Gasteiger partial charge in [0, 0.05) is 61.5 Å². The quantitative estimate of drug-likeness (QED) is 0.145. The van der Waals surface area contributed by atoms with E-state index in [9.17, 15) is 29.4 Å². The molecule has 9 atom stereocenters. The van der Waals surface area contributed by atoms with Crippen LogP contribution in [0.5, 0.6) is 17.2 Å². The first-order valence-electron chi connectivity index (χ1n) is 21.8. The van der Waals surface area contributed by atoms with Crippen molar-refractivity contribution in [1.29, 1.82) is 0 Å². The van der Waals surface area contributed by atoms with E-state index < -0.39 is 117 Å². The number of rotatable bonds is 7. The molecule has 1 aliphatic carbocycles. The SMILES string of the molecule is COc1ccc(NC2=C3NC(=O)/C(C)=C\C=C/[C@H](C)[C@H](O)[C@@H](C)[C@H](O)[C@H](C)[C@H](OC(C)=O)[C@H](C)[C@@H](OC)/C=C\O[C@@]4(C)Oc5c(C)c(OC(=O)c6ccccc6)c(c(c5C4=O)C2=O)C3=O)cc1. The van der Waals surface area contributed by atoms with Gasteiger partial charge in [-0.15, -0.1) is 0 Å². The largest absolute Gasteiger partial charge is 0.497 e. The molecule has 0 aromatic heterocycles. The number of benzene rings is 3. The Morgan fingerprint density at radius 1 is 0.821 bits per heavy atom. The summed E-state index contributed by atoms with van der Waals surface area (Å²) in [7, 11) is 2.89. The van der Waals surface area contributed by atoms with E-state index in [0.29, 0.717) is 11.4 Å². The van der Waals surface area contributed by atoms with Gasteiger partial charge in [-0.05, 0) is 56.3 Å². The van der Waals surface area contributed by atoms with Crippen LogP contribution in [0.2, 0.25) is 0 Å². The first-order chi connectivity index (χ1) is 31.7. The number of methoxy groups -OCH3 is 2. The maximum Gasteiger partial charge on any atom is 0.343 e. The molecule has 3 heterocycles. The van der Waals surface area contributed by atoms with Crippen LogP contribution in [0.1, 0.15) is 95.5 Å². The molecule has 16 heteroatoms. The number of ether oxygens (including phenoxy) is 6. The molecule has 4 N–H and O–H groups in total. The molecule has 0 unspecified atom stereocenters. The van der Waals surface area contributed by atoms with Gasteiger partial charge in [-0.25, -0.2) is 4.79 Å². The van der Waals surface area contributed by atoms with E-state index in [1.807, 2.05) is 0 Å². The molecule has 3 aromatic rings. The normalized spacial score (nSPS) is 28.6. The van der Waals surface area contributed by atoms with Crippen molar-refractivity contribution in [3.05, 3.63) is 130 Å². The second-order valence-corrected chi connectivity index (χ2v) is 17.1. The van der Waals surface area contributed by atoms with Gasteiger partial charge in [0.15, 0.2) is 0 Å². The van der Waals surface area contributed by atoms with Crippen molar-refractivity contribution in [2.75, 3.05) is 19.5 Å². The van der Waals surface area contributed by atoms with E-state index in [2.05, 4.69) is 10.6 Å². The molecule has 67 heavy (non-hydrogen) atoms. The third kappa shape index (κ3) is 9.97. The molecule has 354 valence electrons. The number of fused-ring (bicyclic) bond motifs is 14. The third-order valence-electron chi connectivity index (χ3n) is 12.5. The maximum atomic E-state index is 15.2. The Hall–Kier alpha value is -6.88. The molecule has 16 nitrogen and oxygen atoms in total. The van der Waals surface area contributed by atoms with Crippen LogP contribution >= 0.6 is 0 Å². The number of hydrogen-bond acceptors (Lipinski definition) is 15. The van der Waals surface area contributed by atoms with E-state index >= 15 is 9.59 Å². The third-order valence-corrected chi connectivity index (χ3v) is 12.5. The van der Waals surface area contributed by atoms with Crippen LogP contribution in [0.4, 0.5) is 5.69 Å². The molecule has 1 amide bonds. The minimum Gasteiger partial charge on any atom is -0.497 e. The number of hydrogen-bond donors (Lipinski definition) is 4. The summed E-state index contributed by atoms with van der Waals surface area (Å²) in [4.78, 5) is 85.4. The summed E-state index contributed by atoms with van der Waals surface area (Å²) in [5.41, 5.74) is -1.73. The summed E-state index contributed by atoms with van der Waals surface area (Å²) in [6.45, 7) is 12.3. The van der Waals surface area contributed by atoms with Gasteiger partial charge in [-0.3, -0.25) is 24.0 Å². The highest BCUT2D eigenvalue weighted by molar-refractivity contribution is 6.33. The van der Waals surface area contributed by atoms with E-state index in [1.54, 1.807) is 76.2 Å². The van der Waals surface area contributed by atoms with Crippen molar-refractivity contribution in [3.63, 3.8) is 0 Å². The van der Waals surface area contributed by atoms with Crippen molar-refractivity contribution >= 4 is 40.9 Å². The van der Waals surface area contributed by atoms with E-state index in [-0.39, 0.29) is 28.0 Å². The number of allylic oxidation sites excluding steroid dienone is 4. The van der Waals surface area contributed by atoms with Crippen LogP contribution in [-0.4, -0.2) is 89.8 Å². The zero-order chi connectivity index (χ0) is 49.1. The Labute approximate surface area is 388 Å². The first-order valence-corrected chi connectivity index (χ1v) is 21.8. The van der Waals surface area contributed by atoms with Gasteiger partial charge in [0.2, 0.25) is 11.6 Å². The van der Waals surface area contributed by atoms with Gasteiger partial charge in [-0.2, -0.15) is 0 Å². The van der Waals surface area contributed by atoms with E-state index in [1.165, 1.54) is 72.3 Å². The first kappa shape index (κ1) is 49.6. The average Bonchev–Trinajstić information content (AvgIpc) is 3.58. The minimum absolute atomic E-state index is 0.00138. The van der Waals surface area contributed by atoms with Crippen molar-refractivity contribution < 1.29 is 67.4 Å². The summed E-state index contributed by atoms with van der Waals surface area (Å²) in [5.74, 6) is -10.1. The van der Waals surface area contributed by atoms with E-state index in [0.717, 1.165) is 6.26 Å². The van der Waals surface area contributed by atoms with Gasteiger partial charge in [-0.1, -0.05) is 64.1 Å².